The smallest absolute Gasteiger partial charge is 0.256 e. The molecule has 0 radical (unpaired) electrons. The molecule has 0 aliphatic heterocycles. The van der Waals surface area contributed by atoms with Gasteiger partial charge in [0, 0.05) is 12.6 Å². The van der Waals surface area contributed by atoms with E-state index in [1.807, 2.05) is 0 Å². The minimum Gasteiger partial charge on any atom is -0.376 e. The van der Waals surface area contributed by atoms with Crippen LogP contribution in [0.5, 0.6) is 0 Å². The van der Waals surface area contributed by atoms with Gasteiger partial charge in [0.25, 0.3) is 5.91 Å². The average molecular weight is 193 g/mol. The number of hydrogen-bond donors (Lipinski definition) is 1. The Morgan fingerprint density at radius 1 is 1.50 bits per heavy atom. The van der Waals surface area contributed by atoms with Crippen molar-refractivity contribution < 1.29 is 14.7 Å². The Kier molecular flexibility index (Phi) is 3.36. The molecule has 0 aromatic heterocycles. The minimum absolute atomic E-state index is 0.305. The highest BCUT2D eigenvalue weighted by atomic mass is 16.3. The molecule has 1 amide bonds. The van der Waals surface area contributed by atoms with Gasteiger partial charge in [0.2, 0.25) is 0 Å². The molecule has 1 aromatic carbocycles. The van der Waals surface area contributed by atoms with Crippen LogP contribution in [-0.2, 0) is 0 Å². The van der Waals surface area contributed by atoms with Gasteiger partial charge in [0.15, 0.2) is 6.29 Å². The number of aliphatic hydroxyl groups is 1. The molecule has 0 saturated heterocycles. The van der Waals surface area contributed by atoms with Crippen molar-refractivity contribution in [3.8, 4) is 0 Å². The molecule has 4 heteroatoms. The van der Waals surface area contributed by atoms with Crippen LogP contribution in [0.3, 0.4) is 0 Å². The summed E-state index contributed by atoms with van der Waals surface area (Å²) in [6, 6.07) is 6.47. The summed E-state index contributed by atoms with van der Waals surface area (Å²) in [6.45, 7) is -0.369. The van der Waals surface area contributed by atoms with Crippen LogP contribution < -0.4 is 0 Å². The van der Waals surface area contributed by atoms with Crippen molar-refractivity contribution in [2.24, 2.45) is 0 Å². The van der Waals surface area contributed by atoms with E-state index in [2.05, 4.69) is 0 Å². The fourth-order valence-electron chi connectivity index (χ4n) is 1.06. The molecular formula is C10H11NO3. The highest BCUT2D eigenvalue weighted by Gasteiger charge is 2.13. The maximum Gasteiger partial charge on any atom is 0.256 e. The number of hydrogen-bond acceptors (Lipinski definition) is 3. The molecule has 0 aliphatic rings. The summed E-state index contributed by atoms with van der Waals surface area (Å²) in [5.41, 5.74) is 0.636. The van der Waals surface area contributed by atoms with Gasteiger partial charge in [-0.05, 0) is 6.07 Å². The molecule has 1 N–H and O–H groups in total. The van der Waals surface area contributed by atoms with Crippen LogP contribution in [-0.4, -0.2) is 36.0 Å². The van der Waals surface area contributed by atoms with Crippen LogP contribution >= 0.6 is 0 Å². The summed E-state index contributed by atoms with van der Waals surface area (Å²) >= 11 is 0. The van der Waals surface area contributed by atoms with Crippen LogP contribution in [0.2, 0.25) is 0 Å². The van der Waals surface area contributed by atoms with Gasteiger partial charge in [0.1, 0.15) is 6.73 Å². The van der Waals surface area contributed by atoms with Crippen molar-refractivity contribution in [1.29, 1.82) is 0 Å². The van der Waals surface area contributed by atoms with Crippen LogP contribution in [0.1, 0.15) is 20.7 Å². The summed E-state index contributed by atoms with van der Waals surface area (Å²) in [5.74, 6) is -0.366. The summed E-state index contributed by atoms with van der Waals surface area (Å²) in [6.07, 6.45) is 0.623. The average Bonchev–Trinajstić information content (AvgIpc) is 2.26. The molecule has 0 heterocycles. The van der Waals surface area contributed by atoms with E-state index in [-0.39, 0.29) is 12.6 Å². The Hall–Kier alpha value is -1.68. The molecule has 0 bridgehead atoms. The van der Waals surface area contributed by atoms with Gasteiger partial charge in [-0.3, -0.25) is 9.59 Å². The first-order valence-electron chi connectivity index (χ1n) is 4.11. The fourth-order valence-corrected chi connectivity index (χ4v) is 1.06. The number of carbonyl (C=O) groups is 2. The van der Waals surface area contributed by atoms with Gasteiger partial charge in [-0.2, -0.15) is 0 Å². The Balaban J connectivity index is 3.05. The third-order valence-corrected chi connectivity index (χ3v) is 1.88. The topological polar surface area (TPSA) is 57.6 Å². The molecule has 0 aliphatic carbocycles. The van der Waals surface area contributed by atoms with E-state index in [0.717, 1.165) is 4.90 Å². The molecule has 14 heavy (non-hydrogen) atoms. The second-order valence-corrected chi connectivity index (χ2v) is 2.85. The van der Waals surface area contributed by atoms with E-state index in [1.54, 1.807) is 24.3 Å². The van der Waals surface area contributed by atoms with Gasteiger partial charge in [-0.1, -0.05) is 18.2 Å². The first-order valence-corrected chi connectivity index (χ1v) is 4.11. The number of aldehydes is 1. The summed E-state index contributed by atoms with van der Waals surface area (Å²) < 4.78 is 0. The van der Waals surface area contributed by atoms with E-state index in [9.17, 15) is 9.59 Å². The van der Waals surface area contributed by atoms with E-state index in [4.69, 9.17) is 5.11 Å². The van der Waals surface area contributed by atoms with Crippen LogP contribution in [0.15, 0.2) is 24.3 Å². The highest BCUT2D eigenvalue weighted by Crippen LogP contribution is 2.08. The van der Waals surface area contributed by atoms with E-state index in [0.29, 0.717) is 17.4 Å². The van der Waals surface area contributed by atoms with Crippen LogP contribution in [0.25, 0.3) is 0 Å². The SMILES string of the molecule is CN(CO)C(=O)c1ccccc1C=O. The van der Waals surface area contributed by atoms with Crippen molar-refractivity contribution in [2.75, 3.05) is 13.8 Å². The lowest BCUT2D eigenvalue weighted by Crippen LogP contribution is -2.28. The van der Waals surface area contributed by atoms with Gasteiger partial charge < -0.3 is 10.0 Å². The molecule has 0 saturated carbocycles. The van der Waals surface area contributed by atoms with Crippen molar-refractivity contribution in [2.45, 2.75) is 0 Å². The third-order valence-electron chi connectivity index (χ3n) is 1.88. The van der Waals surface area contributed by atoms with E-state index < -0.39 is 0 Å². The predicted molar refractivity (Wildman–Crippen MR) is 51.0 cm³/mol. The second-order valence-electron chi connectivity index (χ2n) is 2.85. The molecule has 0 spiro atoms. The zero-order valence-corrected chi connectivity index (χ0v) is 7.80. The number of amides is 1. The van der Waals surface area contributed by atoms with Gasteiger partial charge in [0.05, 0.1) is 5.56 Å². The van der Waals surface area contributed by atoms with Gasteiger partial charge >= 0.3 is 0 Å². The quantitative estimate of drug-likeness (QED) is 0.562. The monoisotopic (exact) mass is 193 g/mol. The molecule has 0 fully saturated rings. The standard InChI is InChI=1S/C10H11NO3/c1-11(7-13)10(14)9-5-3-2-4-8(9)6-12/h2-6,13H,7H2,1H3. The minimum atomic E-state index is -0.369. The van der Waals surface area contributed by atoms with Gasteiger partial charge in [-0.25, -0.2) is 0 Å². The van der Waals surface area contributed by atoms with Crippen LogP contribution in [0.4, 0.5) is 0 Å². The molecule has 0 unspecified atom stereocenters. The summed E-state index contributed by atoms with van der Waals surface area (Å²) in [5, 5.41) is 8.75. The van der Waals surface area contributed by atoms with Gasteiger partial charge in [-0.15, -0.1) is 0 Å². The van der Waals surface area contributed by atoms with Crippen molar-refractivity contribution in [1.82, 2.24) is 4.90 Å². The first kappa shape index (κ1) is 10.4. The maximum atomic E-state index is 11.6. The van der Waals surface area contributed by atoms with Crippen molar-refractivity contribution in [3.05, 3.63) is 35.4 Å². The number of nitrogens with zero attached hydrogens (tertiary/aromatic N) is 1. The predicted octanol–water partition coefficient (Wildman–Crippen LogP) is 0.521. The second kappa shape index (κ2) is 4.53. The molecule has 74 valence electrons. The van der Waals surface area contributed by atoms with Crippen molar-refractivity contribution >= 4 is 12.2 Å². The largest absolute Gasteiger partial charge is 0.376 e. The third kappa shape index (κ3) is 1.97. The lowest BCUT2D eigenvalue weighted by atomic mass is 10.1. The Bertz CT molecular complexity index is 349. The first-order chi connectivity index (χ1) is 6.70. The summed E-state index contributed by atoms with van der Waals surface area (Å²) in [4.78, 5) is 23.3. The molecule has 0 atom stereocenters. The number of benzene rings is 1. The number of carbonyl (C=O) groups excluding carboxylic acids is 2. The lowest BCUT2D eigenvalue weighted by Gasteiger charge is -2.14. The zero-order valence-electron chi connectivity index (χ0n) is 7.80. The van der Waals surface area contributed by atoms with E-state index >= 15 is 0 Å². The fraction of sp³-hybridized carbons (Fsp3) is 0.200. The Morgan fingerprint density at radius 3 is 2.71 bits per heavy atom. The molecule has 4 nitrogen and oxygen atoms in total. The zero-order chi connectivity index (χ0) is 10.6. The molecule has 1 rings (SSSR count). The number of aliphatic hydroxyl groups excluding tert-OH is 1. The maximum absolute atomic E-state index is 11.6. The molecular weight excluding hydrogens is 182 g/mol. The molecule has 1 aromatic rings. The highest BCUT2D eigenvalue weighted by molar-refractivity contribution is 6.01. The summed E-state index contributed by atoms with van der Waals surface area (Å²) in [7, 11) is 1.46. The van der Waals surface area contributed by atoms with Crippen LogP contribution in [0, 0.1) is 0 Å². The number of rotatable bonds is 3. The Morgan fingerprint density at radius 2 is 2.14 bits per heavy atom. The van der Waals surface area contributed by atoms with Crippen molar-refractivity contribution in [3.63, 3.8) is 0 Å². The Labute approximate surface area is 81.8 Å². The lowest BCUT2D eigenvalue weighted by molar-refractivity contribution is 0.0627. The normalized spacial score (nSPS) is 9.57. The van der Waals surface area contributed by atoms with E-state index in [1.165, 1.54) is 7.05 Å².